The molecule has 0 aliphatic rings. The summed E-state index contributed by atoms with van der Waals surface area (Å²) in [7, 11) is 1.53. The molecule has 2 aromatic heterocycles. The fraction of sp³-hybridized carbons (Fsp3) is 0.200. The quantitative estimate of drug-likeness (QED) is 0.796. The Bertz CT molecular complexity index is 462. The summed E-state index contributed by atoms with van der Waals surface area (Å²) in [6, 6.07) is 1.37. The molecule has 0 saturated carbocycles. The molecule has 0 bridgehead atoms. The second-order valence-electron chi connectivity index (χ2n) is 3.10. The molecular weight excluding hydrogens is 206 g/mol. The summed E-state index contributed by atoms with van der Waals surface area (Å²) in [5.41, 5.74) is 7.44. The van der Waals surface area contributed by atoms with Gasteiger partial charge in [-0.15, -0.1) is 0 Å². The molecule has 0 aliphatic carbocycles. The summed E-state index contributed by atoms with van der Waals surface area (Å²) in [5, 5.41) is 7.46. The normalized spacial score (nSPS) is 12.1. The number of hydrogen-bond acceptors (Lipinski definition) is 6. The molecule has 0 radical (unpaired) electrons. The van der Waals surface area contributed by atoms with E-state index in [0.717, 1.165) is 5.56 Å². The van der Waals surface area contributed by atoms with Crippen LogP contribution in [-0.4, -0.2) is 27.3 Å². The van der Waals surface area contributed by atoms with Crippen molar-refractivity contribution in [2.75, 3.05) is 7.11 Å². The summed E-state index contributed by atoms with van der Waals surface area (Å²) in [6.07, 6.45) is 6.31. The molecule has 0 aliphatic heterocycles. The van der Waals surface area contributed by atoms with Crippen LogP contribution in [0.5, 0.6) is 5.88 Å². The van der Waals surface area contributed by atoms with E-state index in [1.165, 1.54) is 7.11 Å². The number of ether oxygens (including phenoxy) is 1. The van der Waals surface area contributed by atoms with Gasteiger partial charge in [-0.2, -0.15) is 10.2 Å². The first-order valence-corrected chi connectivity index (χ1v) is 4.70. The Labute approximate surface area is 92.5 Å². The van der Waals surface area contributed by atoms with Gasteiger partial charge in [0.2, 0.25) is 5.88 Å². The summed E-state index contributed by atoms with van der Waals surface area (Å²) >= 11 is 0. The summed E-state index contributed by atoms with van der Waals surface area (Å²) in [5.74, 6) is 0.423. The molecule has 1 atom stereocenters. The zero-order valence-electron chi connectivity index (χ0n) is 8.74. The first kappa shape index (κ1) is 10.4. The van der Waals surface area contributed by atoms with Crippen molar-refractivity contribution in [3.8, 4) is 5.88 Å². The number of nitrogens with zero attached hydrogens (tertiary/aromatic N) is 4. The van der Waals surface area contributed by atoms with Gasteiger partial charge in [0.05, 0.1) is 19.3 Å². The highest BCUT2D eigenvalue weighted by Crippen LogP contribution is 2.22. The summed E-state index contributed by atoms with van der Waals surface area (Å²) in [6.45, 7) is 0. The second-order valence-corrected chi connectivity index (χ2v) is 3.10. The van der Waals surface area contributed by atoms with Crippen LogP contribution < -0.4 is 10.5 Å². The average Bonchev–Trinajstić information content (AvgIpc) is 2.39. The van der Waals surface area contributed by atoms with Crippen molar-refractivity contribution in [2.24, 2.45) is 5.73 Å². The second kappa shape index (κ2) is 4.63. The lowest BCUT2D eigenvalue weighted by Gasteiger charge is -2.12. The zero-order valence-corrected chi connectivity index (χ0v) is 8.74. The van der Waals surface area contributed by atoms with E-state index in [1.807, 2.05) is 0 Å². The molecule has 0 saturated heterocycles. The van der Waals surface area contributed by atoms with Gasteiger partial charge in [-0.1, -0.05) is 0 Å². The van der Waals surface area contributed by atoms with Crippen LogP contribution in [0, 0.1) is 0 Å². The molecule has 1 unspecified atom stereocenters. The lowest BCUT2D eigenvalue weighted by atomic mass is 10.1. The van der Waals surface area contributed by atoms with Crippen LogP contribution in [0.1, 0.15) is 17.3 Å². The monoisotopic (exact) mass is 217 g/mol. The molecule has 2 heterocycles. The van der Waals surface area contributed by atoms with E-state index in [2.05, 4.69) is 20.2 Å². The molecule has 0 fully saturated rings. The van der Waals surface area contributed by atoms with Crippen LogP contribution in [0.2, 0.25) is 0 Å². The lowest BCUT2D eigenvalue weighted by Crippen LogP contribution is -2.15. The van der Waals surface area contributed by atoms with Crippen LogP contribution in [0.15, 0.2) is 30.9 Å². The SMILES string of the molecule is COc1nccnc1C(N)c1ccnnc1. The molecule has 6 heteroatoms. The van der Waals surface area contributed by atoms with Gasteiger partial charge < -0.3 is 10.5 Å². The number of nitrogens with two attached hydrogens (primary N) is 1. The average molecular weight is 217 g/mol. The van der Waals surface area contributed by atoms with E-state index in [1.54, 1.807) is 30.9 Å². The maximum Gasteiger partial charge on any atom is 0.237 e. The molecule has 0 aromatic carbocycles. The Balaban J connectivity index is 2.37. The van der Waals surface area contributed by atoms with Crippen LogP contribution in [0.25, 0.3) is 0 Å². The molecule has 16 heavy (non-hydrogen) atoms. The molecular formula is C10H11N5O. The maximum absolute atomic E-state index is 6.04. The van der Waals surface area contributed by atoms with Gasteiger partial charge >= 0.3 is 0 Å². The predicted molar refractivity (Wildman–Crippen MR) is 56.6 cm³/mol. The minimum absolute atomic E-state index is 0.417. The Morgan fingerprint density at radius 1 is 1.19 bits per heavy atom. The van der Waals surface area contributed by atoms with E-state index >= 15 is 0 Å². The maximum atomic E-state index is 6.04. The van der Waals surface area contributed by atoms with Crippen LogP contribution in [-0.2, 0) is 0 Å². The minimum atomic E-state index is -0.417. The van der Waals surface area contributed by atoms with Crippen molar-refractivity contribution in [1.82, 2.24) is 20.2 Å². The molecule has 2 rings (SSSR count). The molecule has 0 amide bonds. The van der Waals surface area contributed by atoms with Crippen molar-refractivity contribution in [1.29, 1.82) is 0 Å². The molecule has 2 aromatic rings. The van der Waals surface area contributed by atoms with Gasteiger partial charge in [-0.3, -0.25) is 4.98 Å². The Kier molecular flexibility index (Phi) is 3.02. The largest absolute Gasteiger partial charge is 0.480 e. The smallest absolute Gasteiger partial charge is 0.237 e. The van der Waals surface area contributed by atoms with Crippen molar-refractivity contribution in [3.05, 3.63) is 42.1 Å². The molecule has 0 spiro atoms. The van der Waals surface area contributed by atoms with Crippen molar-refractivity contribution in [2.45, 2.75) is 6.04 Å². The van der Waals surface area contributed by atoms with Gasteiger partial charge in [0.15, 0.2) is 0 Å². The predicted octanol–water partition coefficient (Wildman–Crippen LogP) is 0.323. The van der Waals surface area contributed by atoms with E-state index in [4.69, 9.17) is 10.5 Å². The van der Waals surface area contributed by atoms with E-state index in [0.29, 0.717) is 11.6 Å². The number of hydrogen-bond donors (Lipinski definition) is 1. The first-order chi connectivity index (χ1) is 7.83. The van der Waals surface area contributed by atoms with Gasteiger partial charge in [0, 0.05) is 18.6 Å². The van der Waals surface area contributed by atoms with Gasteiger partial charge in [0.25, 0.3) is 0 Å². The number of methoxy groups -OCH3 is 1. The van der Waals surface area contributed by atoms with E-state index in [-0.39, 0.29) is 0 Å². The van der Waals surface area contributed by atoms with Gasteiger partial charge in [-0.25, -0.2) is 4.98 Å². The topological polar surface area (TPSA) is 86.8 Å². The summed E-state index contributed by atoms with van der Waals surface area (Å²) < 4.78 is 5.10. The third kappa shape index (κ3) is 1.96. The molecule has 2 N–H and O–H groups in total. The Hall–Kier alpha value is -2.08. The van der Waals surface area contributed by atoms with Gasteiger partial charge in [-0.05, 0) is 11.6 Å². The summed E-state index contributed by atoms with van der Waals surface area (Å²) in [4.78, 5) is 8.21. The lowest BCUT2D eigenvalue weighted by molar-refractivity contribution is 0.387. The highest BCUT2D eigenvalue weighted by Gasteiger charge is 2.16. The standard InChI is InChI=1S/C10H11N5O/c1-16-10-9(12-4-5-13-10)8(11)7-2-3-14-15-6-7/h2-6,8H,11H2,1H3. The van der Waals surface area contributed by atoms with Crippen LogP contribution in [0.4, 0.5) is 0 Å². The highest BCUT2D eigenvalue weighted by molar-refractivity contribution is 5.29. The van der Waals surface area contributed by atoms with Crippen molar-refractivity contribution < 1.29 is 4.74 Å². The third-order valence-corrected chi connectivity index (χ3v) is 2.15. The minimum Gasteiger partial charge on any atom is -0.480 e. The number of aromatic nitrogens is 4. The third-order valence-electron chi connectivity index (χ3n) is 2.15. The Morgan fingerprint density at radius 2 is 2.00 bits per heavy atom. The van der Waals surface area contributed by atoms with Crippen LogP contribution in [0.3, 0.4) is 0 Å². The van der Waals surface area contributed by atoms with Crippen molar-refractivity contribution >= 4 is 0 Å². The van der Waals surface area contributed by atoms with Crippen LogP contribution >= 0.6 is 0 Å². The van der Waals surface area contributed by atoms with E-state index in [9.17, 15) is 0 Å². The zero-order chi connectivity index (χ0) is 11.4. The highest BCUT2D eigenvalue weighted by atomic mass is 16.5. The molecule has 82 valence electrons. The van der Waals surface area contributed by atoms with E-state index < -0.39 is 6.04 Å². The first-order valence-electron chi connectivity index (χ1n) is 4.70. The van der Waals surface area contributed by atoms with Gasteiger partial charge in [0.1, 0.15) is 5.69 Å². The Morgan fingerprint density at radius 3 is 2.69 bits per heavy atom. The molecule has 6 nitrogen and oxygen atoms in total. The fourth-order valence-electron chi connectivity index (χ4n) is 1.35. The van der Waals surface area contributed by atoms with Crippen molar-refractivity contribution in [3.63, 3.8) is 0 Å². The number of rotatable bonds is 3. The fourth-order valence-corrected chi connectivity index (χ4v) is 1.35.